The molecule has 3 aliphatic heterocycles. The minimum atomic E-state index is -1.51. The molecule has 4 aromatic carbocycles. The maximum Gasteiger partial charge on any atom is 0.238 e. The van der Waals surface area contributed by atoms with Crippen molar-refractivity contribution >= 4 is 29.2 Å². The minimum Gasteiger partial charge on any atom is -0.497 e. The highest BCUT2D eigenvalue weighted by Crippen LogP contribution is 2.62. The van der Waals surface area contributed by atoms with E-state index >= 15 is 4.39 Å². The maximum atomic E-state index is 15.0. The zero-order chi connectivity index (χ0) is 29.9. The number of hydrogen-bond acceptors (Lipinski definition) is 6. The van der Waals surface area contributed by atoms with Crippen LogP contribution < -0.4 is 14.8 Å². The number of methoxy groups -OCH3 is 2. The molecule has 8 heteroatoms. The lowest BCUT2D eigenvalue weighted by molar-refractivity contribution is -0.122. The fourth-order valence-corrected chi connectivity index (χ4v) is 7.11. The molecule has 43 heavy (non-hydrogen) atoms. The van der Waals surface area contributed by atoms with Crippen LogP contribution in [0.5, 0.6) is 11.5 Å². The summed E-state index contributed by atoms with van der Waals surface area (Å²) in [6.45, 7) is 0. The second-order valence-electron chi connectivity index (χ2n) is 10.9. The predicted octanol–water partition coefficient (Wildman–Crippen LogP) is 5.82. The van der Waals surface area contributed by atoms with Gasteiger partial charge in [0.2, 0.25) is 5.91 Å². The van der Waals surface area contributed by atoms with Gasteiger partial charge in [-0.1, -0.05) is 54.6 Å². The molecule has 7 nitrogen and oxygen atoms in total. The quantitative estimate of drug-likeness (QED) is 0.292. The number of ketones is 2. The van der Waals surface area contributed by atoms with E-state index in [1.807, 2.05) is 53.4 Å². The molecule has 3 aliphatic rings. The number of halogens is 1. The van der Waals surface area contributed by atoms with Crippen molar-refractivity contribution in [1.29, 1.82) is 0 Å². The summed E-state index contributed by atoms with van der Waals surface area (Å²) < 4.78 is 25.5. The van der Waals surface area contributed by atoms with E-state index in [1.54, 1.807) is 36.5 Å². The van der Waals surface area contributed by atoms with Crippen molar-refractivity contribution < 1.29 is 28.2 Å². The second-order valence-corrected chi connectivity index (χ2v) is 10.9. The number of carbonyl (C=O) groups excluding carboxylic acids is 3. The van der Waals surface area contributed by atoms with Gasteiger partial charge in [-0.05, 0) is 59.2 Å². The Morgan fingerprint density at radius 2 is 1.63 bits per heavy atom. The summed E-state index contributed by atoms with van der Waals surface area (Å²) in [6, 6.07) is 23.8. The summed E-state index contributed by atoms with van der Waals surface area (Å²) in [4.78, 5) is 45.8. The first-order valence-electron chi connectivity index (χ1n) is 13.9. The Balaban J connectivity index is 1.52. The fourth-order valence-electron chi connectivity index (χ4n) is 7.11. The Labute approximate surface area is 247 Å². The van der Waals surface area contributed by atoms with Gasteiger partial charge in [-0.3, -0.25) is 14.4 Å². The van der Waals surface area contributed by atoms with E-state index in [0.29, 0.717) is 22.6 Å². The van der Waals surface area contributed by atoms with Crippen LogP contribution in [0.2, 0.25) is 0 Å². The highest BCUT2D eigenvalue weighted by Gasteiger charge is 2.70. The Kier molecular flexibility index (Phi) is 6.16. The third kappa shape index (κ3) is 3.75. The molecule has 0 saturated carbocycles. The number of hydrogen-bond donors (Lipinski definition) is 1. The molecule has 0 aliphatic carbocycles. The lowest BCUT2D eigenvalue weighted by Crippen LogP contribution is -2.49. The van der Waals surface area contributed by atoms with E-state index in [9.17, 15) is 14.4 Å². The Morgan fingerprint density at radius 3 is 2.42 bits per heavy atom. The van der Waals surface area contributed by atoms with E-state index in [0.717, 1.165) is 17.2 Å². The minimum absolute atomic E-state index is 0.0140. The van der Waals surface area contributed by atoms with Gasteiger partial charge < -0.3 is 19.7 Å². The molecule has 0 unspecified atom stereocenters. The molecule has 4 atom stereocenters. The van der Waals surface area contributed by atoms with Crippen LogP contribution in [0.15, 0.2) is 97.2 Å². The average Bonchev–Trinajstić information content (AvgIpc) is 3.52. The number of Topliss-reactive ketones (excluding diaryl/α,β-unsaturated/α-hetero) is 2. The Hall–Kier alpha value is -5.24. The van der Waals surface area contributed by atoms with Crippen LogP contribution in [-0.2, 0) is 10.2 Å². The van der Waals surface area contributed by atoms with Gasteiger partial charge in [0.1, 0.15) is 17.2 Å². The van der Waals surface area contributed by atoms with E-state index in [1.165, 1.54) is 26.4 Å². The van der Waals surface area contributed by atoms with Crippen molar-refractivity contribution in [1.82, 2.24) is 4.90 Å². The maximum absolute atomic E-state index is 15.0. The van der Waals surface area contributed by atoms with Gasteiger partial charge in [0, 0.05) is 23.0 Å². The van der Waals surface area contributed by atoms with Crippen LogP contribution in [0.1, 0.15) is 43.4 Å². The molecule has 1 fully saturated rings. The summed E-state index contributed by atoms with van der Waals surface area (Å²) in [5.41, 5.74) is 1.76. The van der Waals surface area contributed by atoms with Crippen molar-refractivity contribution in [2.45, 2.75) is 17.5 Å². The third-order valence-corrected chi connectivity index (χ3v) is 8.91. The van der Waals surface area contributed by atoms with Gasteiger partial charge in [-0.2, -0.15) is 0 Å². The predicted molar refractivity (Wildman–Crippen MR) is 159 cm³/mol. The van der Waals surface area contributed by atoms with Gasteiger partial charge in [-0.25, -0.2) is 4.39 Å². The molecular weight excluding hydrogens is 547 g/mol. The fraction of sp³-hybridized carbons (Fsp3) is 0.171. The molecule has 1 amide bonds. The number of fused-ring (bicyclic) bond motifs is 6. The molecule has 1 N–H and O–H groups in total. The first kappa shape index (κ1) is 26.6. The number of nitrogens with zero attached hydrogens (tertiary/aromatic N) is 1. The number of amides is 1. The number of benzene rings is 4. The summed E-state index contributed by atoms with van der Waals surface area (Å²) >= 11 is 0. The highest BCUT2D eigenvalue weighted by molar-refractivity contribution is 6.16. The molecule has 0 radical (unpaired) electrons. The smallest absolute Gasteiger partial charge is 0.238 e. The van der Waals surface area contributed by atoms with Gasteiger partial charge in [-0.15, -0.1) is 0 Å². The monoisotopic (exact) mass is 574 g/mol. The van der Waals surface area contributed by atoms with Gasteiger partial charge in [0.25, 0.3) is 0 Å². The van der Waals surface area contributed by atoms with Crippen molar-refractivity contribution in [3.8, 4) is 11.5 Å². The van der Waals surface area contributed by atoms with Crippen LogP contribution in [0.25, 0.3) is 6.08 Å². The molecule has 3 heterocycles. The van der Waals surface area contributed by atoms with Crippen LogP contribution >= 0.6 is 0 Å². The van der Waals surface area contributed by atoms with Crippen LogP contribution in [-0.4, -0.2) is 42.6 Å². The lowest BCUT2D eigenvalue weighted by atomic mass is 9.62. The zero-order valence-electron chi connectivity index (χ0n) is 23.4. The van der Waals surface area contributed by atoms with E-state index in [4.69, 9.17) is 9.47 Å². The second kappa shape index (κ2) is 9.94. The number of para-hydroxylation sites is 1. The Bertz CT molecular complexity index is 1850. The van der Waals surface area contributed by atoms with Crippen molar-refractivity contribution in [3.63, 3.8) is 0 Å². The SMILES string of the molecule is COc1cccc(C(=O)[C@@H]2[C@H](C(=O)c3ccc(OC)c(F)c3)[C@]3(C(=O)Nc4ccccc43)[C@H]3c4ccccc4C=CN23)c1. The van der Waals surface area contributed by atoms with Crippen LogP contribution in [0, 0.1) is 11.7 Å². The number of nitrogens with one attached hydrogen (secondary N) is 1. The lowest BCUT2D eigenvalue weighted by Gasteiger charge is -2.38. The van der Waals surface area contributed by atoms with Crippen LogP contribution in [0.3, 0.4) is 0 Å². The van der Waals surface area contributed by atoms with Crippen molar-refractivity contribution in [2.75, 3.05) is 19.5 Å². The van der Waals surface area contributed by atoms with Gasteiger partial charge in [0.15, 0.2) is 23.1 Å². The molecular formula is C35H27FN2O5. The molecule has 7 rings (SSSR count). The molecule has 1 saturated heterocycles. The Morgan fingerprint density at radius 1 is 0.860 bits per heavy atom. The molecule has 0 bridgehead atoms. The summed E-state index contributed by atoms with van der Waals surface area (Å²) in [5.74, 6) is -2.72. The topological polar surface area (TPSA) is 84.9 Å². The van der Waals surface area contributed by atoms with Gasteiger partial charge >= 0.3 is 0 Å². The first-order chi connectivity index (χ1) is 20.9. The van der Waals surface area contributed by atoms with Crippen LogP contribution in [0.4, 0.5) is 10.1 Å². The standard InChI is InChI=1S/C35H27FN2O5/c1-42-23-10-7-9-21(18-23)32(40)30-29(31(39)22-14-15-28(43-2)26(36)19-22)35(25-12-5-6-13-27(25)37-34(35)41)33-24-11-4-3-8-20(24)16-17-38(30)33/h3-19,29-30,33H,1-2H3,(H,37,41)/t29-,30+,33-,35+/m1/s1. The van der Waals surface area contributed by atoms with E-state index in [-0.39, 0.29) is 23.0 Å². The third-order valence-electron chi connectivity index (χ3n) is 8.91. The highest BCUT2D eigenvalue weighted by atomic mass is 19.1. The van der Waals surface area contributed by atoms with E-state index < -0.39 is 35.0 Å². The summed E-state index contributed by atoms with van der Waals surface area (Å²) in [5, 5.41) is 3.01. The zero-order valence-corrected chi connectivity index (χ0v) is 23.4. The first-order valence-corrected chi connectivity index (χ1v) is 13.9. The number of rotatable bonds is 6. The molecule has 0 aromatic heterocycles. The molecule has 1 spiro atoms. The number of ether oxygens (including phenoxy) is 2. The molecule has 214 valence electrons. The number of carbonyl (C=O) groups is 3. The molecule has 4 aromatic rings. The largest absolute Gasteiger partial charge is 0.497 e. The van der Waals surface area contributed by atoms with Gasteiger partial charge in [0.05, 0.1) is 26.2 Å². The normalized spacial score (nSPS) is 22.9. The number of anilines is 1. The summed E-state index contributed by atoms with van der Waals surface area (Å²) in [6.07, 6.45) is 3.69. The van der Waals surface area contributed by atoms with Crippen molar-refractivity contribution in [3.05, 3.63) is 131 Å². The average molecular weight is 575 g/mol. The summed E-state index contributed by atoms with van der Waals surface area (Å²) in [7, 11) is 2.86. The van der Waals surface area contributed by atoms with E-state index in [2.05, 4.69) is 5.32 Å². The van der Waals surface area contributed by atoms with Crippen molar-refractivity contribution in [2.24, 2.45) is 5.92 Å².